The van der Waals surface area contributed by atoms with Gasteiger partial charge < -0.3 is 14.8 Å². The normalized spacial score (nSPS) is 12.4. The molecule has 1 aromatic heterocycles. The molecule has 2 N–H and O–H groups in total. The van der Waals surface area contributed by atoms with Crippen LogP contribution in [-0.4, -0.2) is 28.8 Å². The van der Waals surface area contributed by atoms with Crippen molar-refractivity contribution in [2.24, 2.45) is 0 Å². The minimum absolute atomic E-state index is 0.0561. The number of furan rings is 1. The van der Waals surface area contributed by atoms with Crippen molar-refractivity contribution in [2.75, 3.05) is 0 Å². The predicted molar refractivity (Wildman–Crippen MR) is 60.6 cm³/mol. The van der Waals surface area contributed by atoms with Crippen molar-refractivity contribution >= 4 is 23.6 Å². The first-order valence-electron chi connectivity index (χ1n) is 4.92. The summed E-state index contributed by atoms with van der Waals surface area (Å²) >= 11 is 0.375. The minimum atomic E-state index is -2.51. The van der Waals surface area contributed by atoms with Crippen molar-refractivity contribution in [3.63, 3.8) is 0 Å². The Morgan fingerprint density at radius 2 is 2.17 bits per heavy atom. The average Bonchev–Trinajstić information content (AvgIpc) is 2.74. The first-order chi connectivity index (χ1) is 8.40. The number of alkyl halides is 2. The van der Waals surface area contributed by atoms with Crippen LogP contribution in [0, 0.1) is 0 Å². The van der Waals surface area contributed by atoms with Crippen LogP contribution >= 0.6 is 11.8 Å². The smallest absolute Gasteiger partial charge is 0.325 e. The zero-order chi connectivity index (χ0) is 13.7. The van der Waals surface area contributed by atoms with E-state index >= 15 is 0 Å². The number of nitrogens with one attached hydrogen (secondary N) is 1. The molecule has 1 atom stereocenters. The van der Waals surface area contributed by atoms with Crippen molar-refractivity contribution in [3.05, 3.63) is 23.7 Å². The number of carboxylic acids is 1. The van der Waals surface area contributed by atoms with E-state index in [4.69, 9.17) is 9.52 Å². The number of aliphatic carboxylic acids is 1. The highest BCUT2D eigenvalue weighted by Gasteiger charge is 2.18. The fourth-order valence-electron chi connectivity index (χ4n) is 1.05. The second-order valence-electron chi connectivity index (χ2n) is 3.37. The second-order valence-corrected chi connectivity index (χ2v) is 4.35. The zero-order valence-corrected chi connectivity index (χ0v) is 10.2. The van der Waals surface area contributed by atoms with E-state index in [-0.39, 0.29) is 17.3 Å². The Hall–Kier alpha value is -1.57. The first kappa shape index (κ1) is 14.5. The number of halogens is 2. The molecule has 1 aromatic rings. The van der Waals surface area contributed by atoms with Gasteiger partial charge in [-0.15, -0.1) is 0 Å². The third kappa shape index (κ3) is 4.36. The largest absolute Gasteiger partial charge is 0.480 e. The van der Waals surface area contributed by atoms with Gasteiger partial charge >= 0.3 is 5.97 Å². The van der Waals surface area contributed by atoms with E-state index in [1.807, 2.05) is 0 Å². The molecule has 1 amide bonds. The Balaban J connectivity index is 2.57. The molecule has 0 saturated carbocycles. The van der Waals surface area contributed by atoms with Crippen LogP contribution in [0.4, 0.5) is 8.78 Å². The van der Waals surface area contributed by atoms with E-state index in [0.717, 1.165) is 0 Å². The van der Waals surface area contributed by atoms with Gasteiger partial charge in [-0.2, -0.15) is 8.78 Å². The summed E-state index contributed by atoms with van der Waals surface area (Å²) in [6, 6.07) is 1.66. The predicted octanol–water partition coefficient (Wildman–Crippen LogP) is 1.94. The highest BCUT2D eigenvalue weighted by Crippen LogP contribution is 2.21. The highest BCUT2D eigenvalue weighted by molar-refractivity contribution is 7.98. The number of carbonyl (C=O) groups excluding carboxylic acids is 1. The molecular weight excluding hydrogens is 268 g/mol. The Morgan fingerprint density at radius 3 is 2.72 bits per heavy atom. The molecule has 0 unspecified atom stereocenters. The Kier molecular flexibility index (Phi) is 5.14. The number of thioether (sulfide) groups is 1. The average molecular weight is 279 g/mol. The topological polar surface area (TPSA) is 79.5 Å². The number of rotatable bonds is 6. The molecule has 0 saturated heterocycles. The van der Waals surface area contributed by atoms with Crippen molar-refractivity contribution in [1.29, 1.82) is 0 Å². The van der Waals surface area contributed by atoms with Gasteiger partial charge in [-0.25, -0.2) is 0 Å². The maximum Gasteiger partial charge on any atom is 0.325 e. The van der Waals surface area contributed by atoms with Crippen LogP contribution < -0.4 is 5.32 Å². The molecule has 5 nitrogen and oxygen atoms in total. The minimum Gasteiger partial charge on any atom is -0.480 e. The zero-order valence-electron chi connectivity index (χ0n) is 9.35. The summed E-state index contributed by atoms with van der Waals surface area (Å²) in [5.41, 5.74) is 0. The van der Waals surface area contributed by atoms with E-state index in [1.165, 1.54) is 19.1 Å². The fourth-order valence-corrected chi connectivity index (χ4v) is 1.50. The molecule has 100 valence electrons. The van der Waals surface area contributed by atoms with Gasteiger partial charge in [0.25, 0.3) is 11.7 Å². The third-order valence-corrected chi connectivity index (χ3v) is 2.66. The van der Waals surface area contributed by atoms with E-state index in [0.29, 0.717) is 11.8 Å². The molecular formula is C10H11F2NO4S. The molecule has 0 aromatic carbocycles. The van der Waals surface area contributed by atoms with Gasteiger partial charge in [0.15, 0.2) is 5.76 Å². The summed E-state index contributed by atoms with van der Waals surface area (Å²) < 4.78 is 28.9. The van der Waals surface area contributed by atoms with E-state index in [9.17, 15) is 18.4 Å². The van der Waals surface area contributed by atoms with Crippen LogP contribution in [-0.2, 0) is 10.5 Å². The number of hydrogen-bond acceptors (Lipinski definition) is 4. The summed E-state index contributed by atoms with van der Waals surface area (Å²) in [6.07, 6.45) is 0. The molecule has 0 bridgehead atoms. The van der Waals surface area contributed by atoms with E-state index in [2.05, 4.69) is 5.32 Å². The SMILES string of the molecule is C[C@@H](NC(=O)c1ccc(CSC(F)F)o1)C(=O)O. The first-order valence-corrected chi connectivity index (χ1v) is 5.97. The summed E-state index contributed by atoms with van der Waals surface area (Å²) in [7, 11) is 0. The third-order valence-electron chi connectivity index (χ3n) is 1.96. The Morgan fingerprint density at radius 1 is 1.50 bits per heavy atom. The monoisotopic (exact) mass is 279 g/mol. The number of carbonyl (C=O) groups is 2. The van der Waals surface area contributed by atoms with E-state index in [1.54, 1.807) is 0 Å². The van der Waals surface area contributed by atoms with Gasteiger partial charge in [0.2, 0.25) is 0 Å². The van der Waals surface area contributed by atoms with Crippen LogP contribution in [0.15, 0.2) is 16.5 Å². The van der Waals surface area contributed by atoms with Gasteiger partial charge in [0.1, 0.15) is 11.8 Å². The molecule has 0 radical (unpaired) electrons. The lowest BCUT2D eigenvalue weighted by atomic mass is 10.3. The van der Waals surface area contributed by atoms with Crippen LogP contribution in [0.1, 0.15) is 23.2 Å². The lowest BCUT2D eigenvalue weighted by molar-refractivity contribution is -0.138. The van der Waals surface area contributed by atoms with Gasteiger partial charge in [0.05, 0.1) is 5.75 Å². The molecule has 0 aliphatic heterocycles. The molecule has 0 spiro atoms. The maximum atomic E-state index is 11.9. The molecule has 1 heterocycles. The van der Waals surface area contributed by atoms with Crippen LogP contribution in [0.25, 0.3) is 0 Å². The van der Waals surface area contributed by atoms with E-state index < -0.39 is 23.7 Å². The van der Waals surface area contributed by atoms with Crippen molar-refractivity contribution < 1.29 is 27.9 Å². The summed E-state index contributed by atoms with van der Waals surface area (Å²) in [5.74, 6) is -4.32. The summed E-state index contributed by atoms with van der Waals surface area (Å²) in [6.45, 7) is 1.30. The summed E-state index contributed by atoms with van der Waals surface area (Å²) in [4.78, 5) is 22.0. The van der Waals surface area contributed by atoms with Crippen LogP contribution in [0.2, 0.25) is 0 Å². The molecule has 18 heavy (non-hydrogen) atoms. The molecule has 0 aliphatic carbocycles. The summed E-state index contributed by atoms with van der Waals surface area (Å²) in [5, 5.41) is 10.8. The Bertz CT molecular complexity index is 435. The maximum absolute atomic E-state index is 11.9. The molecule has 0 fully saturated rings. The number of amides is 1. The van der Waals surface area contributed by atoms with Crippen molar-refractivity contribution in [1.82, 2.24) is 5.32 Å². The number of carboxylic acid groups (broad SMARTS) is 1. The van der Waals surface area contributed by atoms with Crippen LogP contribution in [0.3, 0.4) is 0 Å². The lowest BCUT2D eigenvalue weighted by Crippen LogP contribution is -2.38. The van der Waals surface area contributed by atoms with Gasteiger partial charge in [-0.05, 0) is 19.1 Å². The number of hydrogen-bond donors (Lipinski definition) is 2. The standard InChI is InChI=1S/C10H11F2NO4S/c1-5(9(15)16)13-8(14)7-3-2-6(17-7)4-18-10(11)12/h2-3,5,10H,4H2,1H3,(H,13,14)(H,15,16)/t5-/m1/s1. The Labute approximate surface area is 106 Å². The van der Waals surface area contributed by atoms with Gasteiger partial charge in [-0.3, -0.25) is 9.59 Å². The second kappa shape index (κ2) is 6.39. The fraction of sp³-hybridized carbons (Fsp3) is 0.400. The molecule has 1 rings (SSSR count). The molecule has 8 heteroatoms. The van der Waals surface area contributed by atoms with Crippen LogP contribution in [0.5, 0.6) is 0 Å². The highest BCUT2D eigenvalue weighted by atomic mass is 32.2. The molecule has 0 aliphatic rings. The van der Waals surface area contributed by atoms with Crippen molar-refractivity contribution in [3.8, 4) is 0 Å². The lowest BCUT2D eigenvalue weighted by Gasteiger charge is -2.06. The van der Waals surface area contributed by atoms with Gasteiger partial charge in [0, 0.05) is 0 Å². The van der Waals surface area contributed by atoms with Crippen molar-refractivity contribution in [2.45, 2.75) is 24.5 Å². The quantitative estimate of drug-likeness (QED) is 0.831. The van der Waals surface area contributed by atoms with Gasteiger partial charge in [-0.1, -0.05) is 11.8 Å².